The Kier molecular flexibility index (Phi) is 5.92. The van der Waals surface area contributed by atoms with E-state index >= 15 is 0 Å². The highest BCUT2D eigenvalue weighted by molar-refractivity contribution is 5.56. The zero-order chi connectivity index (χ0) is 18.3. The van der Waals surface area contributed by atoms with Gasteiger partial charge in [0.2, 0.25) is 0 Å². The number of rotatable bonds is 6. The number of pyridine rings is 1. The van der Waals surface area contributed by atoms with Gasteiger partial charge in [0.1, 0.15) is 0 Å². The fourth-order valence-electron chi connectivity index (χ4n) is 3.71. The summed E-state index contributed by atoms with van der Waals surface area (Å²) in [7, 11) is 0. The highest BCUT2D eigenvalue weighted by Crippen LogP contribution is 2.23. The van der Waals surface area contributed by atoms with Gasteiger partial charge in [0.25, 0.3) is 0 Å². The van der Waals surface area contributed by atoms with E-state index in [-0.39, 0.29) is 0 Å². The predicted octanol–water partition coefficient (Wildman–Crippen LogP) is 3.88. The minimum atomic E-state index is 0.527. The SMILES string of the molecule is c1ccc(-c2cc(CN(Cc3ccccn3)C3CCCNCC3)no2)cc1. The van der Waals surface area contributed by atoms with Crippen molar-refractivity contribution in [1.29, 1.82) is 0 Å². The average molecular weight is 362 g/mol. The molecule has 1 saturated heterocycles. The fraction of sp³-hybridized carbons (Fsp3) is 0.364. The highest BCUT2D eigenvalue weighted by Gasteiger charge is 2.22. The van der Waals surface area contributed by atoms with Crippen molar-refractivity contribution >= 4 is 0 Å². The zero-order valence-corrected chi connectivity index (χ0v) is 15.6. The molecular formula is C22H26N4O. The fourth-order valence-corrected chi connectivity index (χ4v) is 3.71. The summed E-state index contributed by atoms with van der Waals surface area (Å²) in [6.07, 6.45) is 5.42. The molecule has 4 rings (SSSR count). The van der Waals surface area contributed by atoms with Crippen LogP contribution in [0.2, 0.25) is 0 Å². The molecular weight excluding hydrogens is 336 g/mol. The van der Waals surface area contributed by atoms with Gasteiger partial charge in [0, 0.05) is 37.0 Å². The van der Waals surface area contributed by atoms with E-state index in [2.05, 4.69) is 38.6 Å². The van der Waals surface area contributed by atoms with Crippen LogP contribution >= 0.6 is 0 Å². The quantitative estimate of drug-likeness (QED) is 0.721. The van der Waals surface area contributed by atoms with Crippen LogP contribution in [0.3, 0.4) is 0 Å². The molecule has 0 radical (unpaired) electrons. The Morgan fingerprint density at radius 1 is 0.963 bits per heavy atom. The number of nitrogens with one attached hydrogen (secondary N) is 1. The van der Waals surface area contributed by atoms with Gasteiger partial charge in [-0.15, -0.1) is 0 Å². The molecule has 1 atom stereocenters. The minimum Gasteiger partial charge on any atom is -0.356 e. The Morgan fingerprint density at radius 3 is 2.67 bits per heavy atom. The lowest BCUT2D eigenvalue weighted by Crippen LogP contribution is -2.35. The van der Waals surface area contributed by atoms with Crippen LogP contribution in [-0.2, 0) is 13.1 Å². The van der Waals surface area contributed by atoms with Gasteiger partial charge in [-0.2, -0.15) is 0 Å². The van der Waals surface area contributed by atoms with Crippen molar-refractivity contribution in [2.24, 2.45) is 0 Å². The third-order valence-electron chi connectivity index (χ3n) is 5.14. The van der Waals surface area contributed by atoms with E-state index in [0.29, 0.717) is 6.04 Å². The second kappa shape index (κ2) is 8.93. The van der Waals surface area contributed by atoms with E-state index in [9.17, 15) is 0 Å². The minimum absolute atomic E-state index is 0.527. The first-order chi connectivity index (χ1) is 13.4. The van der Waals surface area contributed by atoms with Crippen molar-refractivity contribution in [3.8, 4) is 11.3 Å². The number of hydrogen-bond donors (Lipinski definition) is 1. The van der Waals surface area contributed by atoms with Gasteiger partial charge >= 0.3 is 0 Å². The molecule has 5 heteroatoms. The van der Waals surface area contributed by atoms with Crippen molar-refractivity contribution in [2.75, 3.05) is 13.1 Å². The van der Waals surface area contributed by atoms with Crippen molar-refractivity contribution in [3.63, 3.8) is 0 Å². The molecule has 0 amide bonds. The van der Waals surface area contributed by atoms with E-state index in [1.54, 1.807) is 0 Å². The third-order valence-corrected chi connectivity index (χ3v) is 5.14. The van der Waals surface area contributed by atoms with E-state index < -0.39 is 0 Å². The van der Waals surface area contributed by atoms with Gasteiger partial charge in [0.15, 0.2) is 5.76 Å². The van der Waals surface area contributed by atoms with Crippen LogP contribution in [0.5, 0.6) is 0 Å². The number of nitrogens with zero attached hydrogens (tertiary/aromatic N) is 3. The van der Waals surface area contributed by atoms with Crippen molar-refractivity contribution in [1.82, 2.24) is 20.4 Å². The molecule has 140 valence electrons. The second-order valence-electron chi connectivity index (χ2n) is 7.11. The Labute approximate surface area is 160 Å². The molecule has 0 aliphatic carbocycles. The van der Waals surface area contributed by atoms with Crippen molar-refractivity contribution < 1.29 is 4.52 Å². The third kappa shape index (κ3) is 4.81. The van der Waals surface area contributed by atoms with Crippen LogP contribution in [0, 0.1) is 0 Å². The van der Waals surface area contributed by atoms with E-state index in [1.807, 2.05) is 42.6 Å². The molecule has 2 aromatic heterocycles. The lowest BCUT2D eigenvalue weighted by molar-refractivity contribution is 0.158. The average Bonchev–Trinajstić information content (AvgIpc) is 3.01. The van der Waals surface area contributed by atoms with E-state index in [0.717, 1.165) is 55.3 Å². The van der Waals surface area contributed by atoms with Crippen LogP contribution < -0.4 is 5.32 Å². The number of aromatic nitrogens is 2. The first-order valence-corrected chi connectivity index (χ1v) is 9.74. The maximum absolute atomic E-state index is 5.61. The molecule has 1 fully saturated rings. The largest absolute Gasteiger partial charge is 0.356 e. The molecule has 1 aliphatic rings. The van der Waals surface area contributed by atoms with Crippen LogP contribution in [-0.4, -0.2) is 34.2 Å². The number of hydrogen-bond acceptors (Lipinski definition) is 5. The van der Waals surface area contributed by atoms with Gasteiger partial charge in [-0.1, -0.05) is 41.6 Å². The van der Waals surface area contributed by atoms with Crippen LogP contribution in [0.1, 0.15) is 30.7 Å². The number of benzene rings is 1. The first-order valence-electron chi connectivity index (χ1n) is 9.74. The standard InChI is InChI=1S/C22H26N4O/c1-2-7-18(8-3-1)22-15-20(25-27-22)17-26(16-19-9-4-5-13-24-19)21-10-6-12-23-14-11-21/h1-5,7-9,13,15,21,23H,6,10-12,14,16-17H2. The molecule has 1 N–H and O–H groups in total. The molecule has 0 saturated carbocycles. The summed E-state index contributed by atoms with van der Waals surface area (Å²) in [5.74, 6) is 0.825. The summed E-state index contributed by atoms with van der Waals surface area (Å²) in [6.45, 7) is 3.78. The summed E-state index contributed by atoms with van der Waals surface area (Å²) in [4.78, 5) is 7.03. The van der Waals surface area contributed by atoms with Gasteiger partial charge in [0.05, 0.1) is 11.4 Å². The Morgan fingerprint density at radius 2 is 1.81 bits per heavy atom. The molecule has 1 aromatic carbocycles. The monoisotopic (exact) mass is 362 g/mol. The lowest BCUT2D eigenvalue weighted by atomic mass is 10.1. The zero-order valence-electron chi connectivity index (χ0n) is 15.6. The Bertz CT molecular complexity index is 811. The molecule has 1 aliphatic heterocycles. The highest BCUT2D eigenvalue weighted by atomic mass is 16.5. The topological polar surface area (TPSA) is 54.2 Å². The smallest absolute Gasteiger partial charge is 0.167 e. The van der Waals surface area contributed by atoms with Gasteiger partial charge in [-0.05, 0) is 44.5 Å². The van der Waals surface area contributed by atoms with Crippen LogP contribution in [0.4, 0.5) is 0 Å². The summed E-state index contributed by atoms with van der Waals surface area (Å²) in [5, 5.41) is 7.85. The van der Waals surface area contributed by atoms with E-state index in [4.69, 9.17) is 4.52 Å². The van der Waals surface area contributed by atoms with Crippen LogP contribution in [0.25, 0.3) is 11.3 Å². The van der Waals surface area contributed by atoms with Crippen LogP contribution in [0.15, 0.2) is 65.3 Å². The maximum Gasteiger partial charge on any atom is 0.167 e. The van der Waals surface area contributed by atoms with E-state index in [1.165, 1.54) is 12.8 Å². The van der Waals surface area contributed by atoms with Gasteiger partial charge in [-0.25, -0.2) is 0 Å². The summed E-state index contributed by atoms with van der Waals surface area (Å²) >= 11 is 0. The lowest BCUT2D eigenvalue weighted by Gasteiger charge is -2.30. The molecule has 3 heterocycles. The first kappa shape index (κ1) is 17.9. The maximum atomic E-state index is 5.61. The predicted molar refractivity (Wildman–Crippen MR) is 106 cm³/mol. The summed E-state index contributed by atoms with van der Waals surface area (Å²) in [5.41, 5.74) is 3.13. The molecule has 3 aromatic rings. The summed E-state index contributed by atoms with van der Waals surface area (Å²) in [6, 6.07) is 18.9. The van der Waals surface area contributed by atoms with Gasteiger partial charge < -0.3 is 9.84 Å². The van der Waals surface area contributed by atoms with Gasteiger partial charge in [-0.3, -0.25) is 9.88 Å². The molecule has 5 nitrogen and oxygen atoms in total. The van der Waals surface area contributed by atoms with Crippen molar-refractivity contribution in [3.05, 3.63) is 72.2 Å². The molecule has 1 unspecified atom stereocenters. The normalized spacial score (nSPS) is 17.7. The molecule has 27 heavy (non-hydrogen) atoms. The molecule has 0 spiro atoms. The summed E-state index contributed by atoms with van der Waals surface area (Å²) < 4.78 is 5.61. The second-order valence-corrected chi connectivity index (χ2v) is 7.11. The molecule has 0 bridgehead atoms. The Balaban J connectivity index is 1.52. The van der Waals surface area contributed by atoms with Crippen molar-refractivity contribution in [2.45, 2.75) is 38.4 Å². The Hall–Kier alpha value is -2.50.